The summed E-state index contributed by atoms with van der Waals surface area (Å²) in [5.74, 6) is 0.552. The molecule has 0 saturated heterocycles. The maximum atomic E-state index is 2.56. The molecular formula is C23H24N+. The number of fused-ring (bicyclic) bond motifs is 8. The molecule has 0 bridgehead atoms. The Morgan fingerprint density at radius 1 is 1.00 bits per heavy atom. The second-order valence-electron chi connectivity index (χ2n) is 8.36. The molecule has 24 heavy (non-hydrogen) atoms. The molecule has 0 N–H and O–H groups in total. The molecule has 1 aliphatic carbocycles. The van der Waals surface area contributed by atoms with Crippen molar-refractivity contribution in [3.63, 3.8) is 0 Å². The fourth-order valence-corrected chi connectivity index (χ4v) is 4.88. The van der Waals surface area contributed by atoms with Gasteiger partial charge in [0.05, 0.1) is 16.4 Å². The zero-order chi connectivity index (χ0) is 16.7. The van der Waals surface area contributed by atoms with Gasteiger partial charge in [-0.3, -0.25) is 0 Å². The number of aromatic nitrogens is 1. The Labute approximate surface area is 144 Å². The van der Waals surface area contributed by atoms with Crippen molar-refractivity contribution in [1.29, 1.82) is 0 Å². The molecule has 1 saturated carbocycles. The quantitative estimate of drug-likeness (QED) is 0.536. The molecule has 5 rings (SSSR count). The van der Waals surface area contributed by atoms with E-state index in [1.54, 1.807) is 0 Å². The van der Waals surface area contributed by atoms with E-state index < -0.39 is 0 Å². The first-order valence-electron chi connectivity index (χ1n) is 9.04. The average molecular weight is 314 g/mol. The Hall–Kier alpha value is -2.15. The van der Waals surface area contributed by atoms with Crippen LogP contribution in [0.15, 0.2) is 54.7 Å². The number of hydrogen-bond acceptors (Lipinski definition) is 0. The lowest BCUT2D eigenvalue weighted by atomic mass is 9.83. The van der Waals surface area contributed by atoms with Gasteiger partial charge in [-0.2, -0.15) is 4.57 Å². The van der Waals surface area contributed by atoms with Crippen LogP contribution in [0.5, 0.6) is 0 Å². The highest BCUT2D eigenvalue weighted by atomic mass is 15.1. The van der Waals surface area contributed by atoms with Crippen molar-refractivity contribution >= 4 is 10.8 Å². The van der Waals surface area contributed by atoms with Crippen LogP contribution in [-0.2, 0) is 11.0 Å². The Kier molecular flexibility index (Phi) is 2.53. The highest BCUT2D eigenvalue weighted by Gasteiger charge is 2.73. The van der Waals surface area contributed by atoms with Crippen molar-refractivity contribution in [2.75, 3.05) is 0 Å². The molecule has 0 amide bonds. The summed E-state index contributed by atoms with van der Waals surface area (Å²) in [5.41, 5.74) is 6.24. The molecule has 120 valence electrons. The molecule has 2 heterocycles. The number of hydrogen-bond donors (Lipinski definition) is 0. The summed E-state index contributed by atoms with van der Waals surface area (Å²) in [7, 11) is 0. The van der Waals surface area contributed by atoms with Crippen LogP contribution in [0.4, 0.5) is 0 Å². The van der Waals surface area contributed by atoms with E-state index in [-0.39, 0.29) is 11.0 Å². The minimum absolute atomic E-state index is 0.207. The lowest BCUT2D eigenvalue weighted by Gasteiger charge is -2.26. The number of pyridine rings is 1. The zero-order valence-corrected chi connectivity index (χ0v) is 14.9. The zero-order valence-electron chi connectivity index (χ0n) is 14.9. The van der Waals surface area contributed by atoms with E-state index in [1.807, 2.05) is 0 Å². The summed E-state index contributed by atoms with van der Waals surface area (Å²) in [5, 5.41) is 2.74. The highest BCUT2D eigenvalue weighted by Crippen LogP contribution is 2.64. The third-order valence-corrected chi connectivity index (χ3v) is 6.71. The van der Waals surface area contributed by atoms with E-state index in [2.05, 4.69) is 87.0 Å². The van der Waals surface area contributed by atoms with Gasteiger partial charge in [0.15, 0.2) is 11.7 Å². The number of benzene rings is 2. The maximum Gasteiger partial charge on any atom is 0.221 e. The molecule has 1 heteroatoms. The first-order valence-corrected chi connectivity index (χ1v) is 9.04. The molecule has 0 spiro atoms. The van der Waals surface area contributed by atoms with Crippen LogP contribution in [0, 0.1) is 0 Å². The molecule has 0 radical (unpaired) electrons. The summed E-state index contributed by atoms with van der Waals surface area (Å²) in [6.45, 7) is 9.40. The predicted octanol–water partition coefficient (Wildman–Crippen LogP) is 5.31. The number of rotatable bonds is 1. The van der Waals surface area contributed by atoms with Gasteiger partial charge < -0.3 is 0 Å². The molecule has 3 aromatic rings. The Bertz CT molecular complexity index is 1000. The van der Waals surface area contributed by atoms with Crippen LogP contribution in [-0.4, -0.2) is 0 Å². The van der Waals surface area contributed by atoms with Gasteiger partial charge in [-0.15, -0.1) is 0 Å². The van der Waals surface area contributed by atoms with Crippen molar-refractivity contribution in [3.05, 3.63) is 65.9 Å². The summed E-state index contributed by atoms with van der Waals surface area (Å²) in [6, 6.07) is 18.3. The Morgan fingerprint density at radius 2 is 1.79 bits per heavy atom. The Balaban J connectivity index is 1.93. The molecule has 2 aliphatic rings. The van der Waals surface area contributed by atoms with E-state index in [1.165, 1.54) is 39.6 Å². The molecule has 2 atom stereocenters. The first kappa shape index (κ1) is 14.2. The topological polar surface area (TPSA) is 3.88 Å². The third-order valence-electron chi connectivity index (χ3n) is 6.71. The first-order chi connectivity index (χ1) is 11.5. The summed E-state index contributed by atoms with van der Waals surface area (Å²) >= 11 is 0. The van der Waals surface area contributed by atoms with Crippen molar-refractivity contribution in [2.24, 2.45) is 0 Å². The third kappa shape index (κ3) is 1.53. The minimum Gasteiger partial charge on any atom is -0.192 e. The van der Waals surface area contributed by atoms with Crippen molar-refractivity contribution in [3.8, 4) is 11.3 Å². The van der Waals surface area contributed by atoms with Gasteiger partial charge in [-0.1, -0.05) is 44.2 Å². The van der Waals surface area contributed by atoms with E-state index >= 15 is 0 Å². The van der Waals surface area contributed by atoms with Crippen LogP contribution >= 0.6 is 0 Å². The summed E-state index contributed by atoms with van der Waals surface area (Å²) < 4.78 is 2.56. The van der Waals surface area contributed by atoms with Gasteiger partial charge in [0, 0.05) is 19.4 Å². The second kappa shape index (κ2) is 4.27. The molecule has 2 unspecified atom stereocenters. The van der Waals surface area contributed by atoms with Gasteiger partial charge in [0.25, 0.3) is 0 Å². The SMILES string of the molecule is CC(C)c1ccc2cc[n+]3c(c2c1)-c1ccccc1C1(C)CC31C. The van der Waals surface area contributed by atoms with Gasteiger partial charge in [0.2, 0.25) is 5.69 Å². The molecule has 2 aromatic carbocycles. The fraction of sp³-hybridized carbons (Fsp3) is 0.348. The summed E-state index contributed by atoms with van der Waals surface area (Å²) in [6.07, 6.45) is 3.54. The second-order valence-corrected chi connectivity index (χ2v) is 8.36. The van der Waals surface area contributed by atoms with E-state index in [0.29, 0.717) is 5.92 Å². The van der Waals surface area contributed by atoms with Crippen LogP contribution in [0.2, 0.25) is 0 Å². The maximum absolute atomic E-state index is 2.56. The Morgan fingerprint density at radius 3 is 2.58 bits per heavy atom. The van der Waals surface area contributed by atoms with Gasteiger partial charge >= 0.3 is 0 Å². The van der Waals surface area contributed by atoms with Crippen LogP contribution in [0.25, 0.3) is 22.0 Å². The predicted molar refractivity (Wildman–Crippen MR) is 99.3 cm³/mol. The lowest BCUT2D eigenvalue weighted by molar-refractivity contribution is -0.730. The highest BCUT2D eigenvalue weighted by molar-refractivity contribution is 5.95. The lowest BCUT2D eigenvalue weighted by Crippen LogP contribution is -2.52. The summed E-state index contributed by atoms with van der Waals surface area (Å²) in [4.78, 5) is 0. The number of nitrogens with zero attached hydrogens (tertiary/aromatic N) is 1. The monoisotopic (exact) mass is 314 g/mol. The normalized spacial score (nSPS) is 26.9. The minimum atomic E-state index is 0.207. The van der Waals surface area contributed by atoms with Crippen molar-refractivity contribution in [2.45, 2.75) is 51.0 Å². The van der Waals surface area contributed by atoms with E-state index in [9.17, 15) is 0 Å². The molecule has 1 aliphatic heterocycles. The van der Waals surface area contributed by atoms with Gasteiger partial charge in [-0.05, 0) is 41.5 Å². The van der Waals surface area contributed by atoms with E-state index in [4.69, 9.17) is 0 Å². The van der Waals surface area contributed by atoms with Gasteiger partial charge in [0.1, 0.15) is 0 Å². The standard InChI is InChI=1S/C23H24N/c1-15(2)17-10-9-16-11-12-24-21(19(16)13-17)18-7-5-6-8-20(18)22(3)14-23(22,24)4/h5-13,15H,14H2,1-4H3/q+1. The smallest absolute Gasteiger partial charge is 0.192 e. The molecule has 1 fully saturated rings. The van der Waals surface area contributed by atoms with Crippen molar-refractivity contribution < 1.29 is 4.57 Å². The largest absolute Gasteiger partial charge is 0.221 e. The van der Waals surface area contributed by atoms with Gasteiger partial charge in [-0.25, -0.2) is 0 Å². The van der Waals surface area contributed by atoms with Crippen LogP contribution in [0.3, 0.4) is 0 Å². The van der Waals surface area contributed by atoms with Crippen LogP contribution < -0.4 is 4.57 Å². The van der Waals surface area contributed by atoms with E-state index in [0.717, 1.165) is 0 Å². The fourth-order valence-electron chi connectivity index (χ4n) is 4.88. The van der Waals surface area contributed by atoms with Crippen molar-refractivity contribution in [1.82, 2.24) is 0 Å². The average Bonchev–Trinajstić information content (AvgIpc) is 3.18. The molecular weight excluding hydrogens is 290 g/mol. The van der Waals surface area contributed by atoms with Crippen LogP contribution in [0.1, 0.15) is 51.2 Å². The molecule has 1 nitrogen and oxygen atoms in total. The molecule has 1 aromatic heterocycles.